The largest absolute Gasteiger partial charge is 0.493 e. The van der Waals surface area contributed by atoms with Crippen molar-refractivity contribution in [2.45, 2.75) is 6.92 Å². The molecular formula is C20H20Cl2N2O6. The molecule has 0 aliphatic rings. The summed E-state index contributed by atoms with van der Waals surface area (Å²) in [5.74, 6) is 1.33. The van der Waals surface area contributed by atoms with Gasteiger partial charge in [0.2, 0.25) is 5.75 Å². The summed E-state index contributed by atoms with van der Waals surface area (Å²) in [6.07, 6.45) is 0. The highest BCUT2D eigenvalue weighted by molar-refractivity contribution is 6.71. The van der Waals surface area contributed by atoms with Crippen LogP contribution in [0, 0.1) is 0 Å². The molecular weight excluding hydrogens is 435 g/mol. The summed E-state index contributed by atoms with van der Waals surface area (Å²) in [5, 5.41) is 7.97. The highest BCUT2D eigenvalue weighted by Gasteiger charge is 2.15. The Balaban J connectivity index is 2.38. The Labute approximate surface area is 184 Å². The van der Waals surface area contributed by atoms with E-state index < -0.39 is 5.97 Å². The van der Waals surface area contributed by atoms with Crippen molar-refractivity contribution in [1.29, 1.82) is 0 Å². The number of hydrogen-bond acceptors (Lipinski definition) is 8. The molecule has 0 radical (unpaired) electrons. The summed E-state index contributed by atoms with van der Waals surface area (Å²) in [7, 11) is 5.94. The molecule has 8 nitrogen and oxygen atoms in total. The van der Waals surface area contributed by atoms with E-state index in [1.807, 2.05) is 0 Å². The first-order valence-electron chi connectivity index (χ1n) is 8.48. The van der Waals surface area contributed by atoms with Gasteiger partial charge in [-0.25, -0.2) is 0 Å². The van der Waals surface area contributed by atoms with Crippen molar-refractivity contribution in [1.82, 2.24) is 0 Å². The number of carbonyl (C=O) groups excluding carboxylic acids is 1. The Hall–Kier alpha value is -2.97. The minimum atomic E-state index is -0.498. The molecule has 0 spiro atoms. The van der Waals surface area contributed by atoms with Gasteiger partial charge in [0.05, 0.1) is 28.4 Å². The highest BCUT2D eigenvalue weighted by Crippen LogP contribution is 2.38. The maximum Gasteiger partial charge on any atom is 0.308 e. The molecule has 0 aromatic heterocycles. The van der Waals surface area contributed by atoms with Crippen LogP contribution in [-0.4, -0.2) is 44.8 Å². The minimum Gasteiger partial charge on any atom is -0.493 e. The van der Waals surface area contributed by atoms with Crippen LogP contribution in [0.4, 0.5) is 0 Å². The van der Waals surface area contributed by atoms with Crippen LogP contribution in [0.1, 0.15) is 18.1 Å². The van der Waals surface area contributed by atoms with E-state index in [1.54, 1.807) is 24.3 Å². The van der Waals surface area contributed by atoms with Crippen LogP contribution in [0.3, 0.4) is 0 Å². The third-order valence-electron chi connectivity index (χ3n) is 3.78. The monoisotopic (exact) mass is 454 g/mol. The lowest BCUT2D eigenvalue weighted by molar-refractivity contribution is -0.132. The number of esters is 1. The first-order chi connectivity index (χ1) is 14.3. The fourth-order valence-electron chi connectivity index (χ4n) is 2.44. The fraction of sp³-hybridized carbons (Fsp3) is 0.250. The normalized spacial score (nSPS) is 11.7. The minimum absolute atomic E-state index is 0.0247. The molecule has 0 amide bonds. The van der Waals surface area contributed by atoms with Gasteiger partial charge in [-0.1, -0.05) is 23.2 Å². The molecule has 30 heavy (non-hydrogen) atoms. The van der Waals surface area contributed by atoms with E-state index in [9.17, 15) is 4.79 Å². The molecule has 0 fully saturated rings. The van der Waals surface area contributed by atoms with Crippen LogP contribution in [0.15, 0.2) is 40.5 Å². The number of rotatable bonds is 8. The number of benzene rings is 2. The van der Waals surface area contributed by atoms with E-state index >= 15 is 0 Å². The number of nitrogens with zero attached hydrogens (tertiary/aromatic N) is 2. The predicted octanol–water partition coefficient (Wildman–Crippen LogP) is 4.23. The summed E-state index contributed by atoms with van der Waals surface area (Å²) < 4.78 is 26.1. The van der Waals surface area contributed by atoms with E-state index in [0.29, 0.717) is 34.1 Å². The summed E-state index contributed by atoms with van der Waals surface area (Å²) >= 11 is 12.5. The lowest BCUT2D eigenvalue weighted by Crippen LogP contribution is -2.04. The number of hydrogen-bond donors (Lipinski definition) is 0. The van der Waals surface area contributed by atoms with Gasteiger partial charge in [0.1, 0.15) is 0 Å². The van der Waals surface area contributed by atoms with E-state index in [-0.39, 0.29) is 16.1 Å². The quantitative estimate of drug-likeness (QED) is 0.256. The third-order valence-corrected chi connectivity index (χ3v) is 4.37. The number of methoxy groups -OCH3 is 4. The molecule has 0 saturated heterocycles. The molecule has 0 unspecified atom stereocenters. The van der Waals surface area contributed by atoms with Gasteiger partial charge < -0.3 is 23.7 Å². The smallest absolute Gasteiger partial charge is 0.308 e. The molecule has 0 saturated carbocycles. The fourth-order valence-corrected chi connectivity index (χ4v) is 2.75. The zero-order valence-electron chi connectivity index (χ0n) is 17.0. The summed E-state index contributed by atoms with van der Waals surface area (Å²) in [6, 6.07) is 8.00. The van der Waals surface area contributed by atoms with Gasteiger partial charge in [0.25, 0.3) is 0 Å². The molecule has 0 bridgehead atoms. The van der Waals surface area contributed by atoms with Crippen molar-refractivity contribution in [2.24, 2.45) is 10.2 Å². The second-order valence-corrected chi connectivity index (χ2v) is 6.37. The van der Waals surface area contributed by atoms with Crippen LogP contribution in [0.25, 0.3) is 0 Å². The van der Waals surface area contributed by atoms with Gasteiger partial charge in [0.15, 0.2) is 33.3 Å². The third kappa shape index (κ3) is 5.55. The molecule has 0 aliphatic heterocycles. The van der Waals surface area contributed by atoms with Gasteiger partial charge in [-0.05, 0) is 30.3 Å². The Bertz CT molecular complexity index is 966. The number of carbonyl (C=O) groups is 1. The summed E-state index contributed by atoms with van der Waals surface area (Å²) in [6.45, 7) is 1.28. The average Bonchev–Trinajstić information content (AvgIpc) is 2.75. The maximum atomic E-state index is 11.3. The second-order valence-electron chi connectivity index (χ2n) is 5.65. The molecule has 0 heterocycles. The topological polar surface area (TPSA) is 87.9 Å². The SMILES string of the molecule is COc1ccc(/C(Cl)=N/N=C(\Cl)c2cc(OC)c(OC)c(OC)c2)cc1OC(C)=O. The molecule has 10 heteroatoms. The molecule has 0 N–H and O–H groups in total. The van der Waals surface area contributed by atoms with Crippen molar-refractivity contribution in [2.75, 3.05) is 28.4 Å². The van der Waals surface area contributed by atoms with Gasteiger partial charge in [0, 0.05) is 18.1 Å². The lowest BCUT2D eigenvalue weighted by Gasteiger charge is -2.13. The number of halogens is 2. The van der Waals surface area contributed by atoms with Crippen molar-refractivity contribution in [3.63, 3.8) is 0 Å². The molecule has 2 rings (SSSR count). The molecule has 2 aromatic carbocycles. The summed E-state index contributed by atoms with van der Waals surface area (Å²) in [5.41, 5.74) is 0.932. The average molecular weight is 455 g/mol. The Kier molecular flexibility index (Phi) is 8.32. The van der Waals surface area contributed by atoms with Crippen molar-refractivity contribution in [3.05, 3.63) is 41.5 Å². The van der Waals surface area contributed by atoms with Gasteiger partial charge in [-0.3, -0.25) is 4.79 Å². The summed E-state index contributed by atoms with van der Waals surface area (Å²) in [4.78, 5) is 11.3. The maximum absolute atomic E-state index is 11.3. The van der Waals surface area contributed by atoms with Gasteiger partial charge in [-0.15, -0.1) is 10.2 Å². The van der Waals surface area contributed by atoms with Crippen LogP contribution in [-0.2, 0) is 4.79 Å². The first kappa shape index (κ1) is 23.3. The molecule has 0 aliphatic carbocycles. The zero-order valence-corrected chi connectivity index (χ0v) is 18.5. The van der Waals surface area contributed by atoms with Gasteiger partial charge in [-0.2, -0.15) is 0 Å². The van der Waals surface area contributed by atoms with Crippen LogP contribution >= 0.6 is 23.2 Å². The molecule has 2 aromatic rings. The first-order valence-corrected chi connectivity index (χ1v) is 9.24. The van der Waals surface area contributed by atoms with E-state index in [2.05, 4.69) is 10.2 Å². The molecule has 160 valence electrons. The lowest BCUT2D eigenvalue weighted by atomic mass is 10.2. The number of ether oxygens (including phenoxy) is 5. The van der Waals surface area contributed by atoms with E-state index in [0.717, 1.165) is 0 Å². The molecule has 0 atom stereocenters. The second kappa shape index (κ2) is 10.7. The van der Waals surface area contributed by atoms with Crippen molar-refractivity contribution in [3.8, 4) is 28.7 Å². The Morgan fingerprint density at radius 2 is 1.23 bits per heavy atom. The van der Waals surface area contributed by atoms with Crippen molar-refractivity contribution < 1.29 is 28.5 Å². The van der Waals surface area contributed by atoms with E-state index in [1.165, 1.54) is 41.4 Å². The zero-order chi connectivity index (χ0) is 22.3. The Morgan fingerprint density at radius 3 is 1.70 bits per heavy atom. The van der Waals surface area contributed by atoms with Crippen LogP contribution in [0.2, 0.25) is 0 Å². The van der Waals surface area contributed by atoms with Crippen LogP contribution < -0.4 is 23.7 Å². The Morgan fingerprint density at radius 1 is 0.733 bits per heavy atom. The van der Waals surface area contributed by atoms with Crippen LogP contribution in [0.5, 0.6) is 28.7 Å². The standard InChI is InChI=1S/C20H20Cl2N2O6/c1-11(25)30-15-8-12(6-7-14(15)26-2)19(21)23-24-20(22)13-9-16(27-3)18(29-5)17(10-13)28-4/h6-10H,1-5H3/b23-19-,24-20-. The highest BCUT2D eigenvalue weighted by atomic mass is 35.5. The van der Waals surface area contributed by atoms with Gasteiger partial charge >= 0.3 is 5.97 Å². The van der Waals surface area contributed by atoms with Crippen molar-refractivity contribution >= 4 is 39.5 Å². The predicted molar refractivity (Wildman–Crippen MR) is 115 cm³/mol. The van der Waals surface area contributed by atoms with E-state index in [4.69, 9.17) is 46.9 Å².